The van der Waals surface area contributed by atoms with Gasteiger partial charge in [-0.05, 0) is 24.6 Å². The first-order chi connectivity index (χ1) is 4.30. The fraction of sp³-hybridized carbons (Fsp3) is 0.286. The lowest BCUT2D eigenvalue weighted by Crippen LogP contribution is -1.82. The third kappa shape index (κ3) is 2.58. The van der Waals surface area contributed by atoms with Gasteiger partial charge in [-0.25, -0.2) is 0 Å². The minimum atomic E-state index is 0. The minimum Gasteiger partial charge on any atom is -0.265 e. The van der Waals surface area contributed by atoms with Crippen molar-refractivity contribution < 1.29 is 0 Å². The molecule has 0 saturated heterocycles. The Balaban J connectivity index is 0.000000810. The van der Waals surface area contributed by atoms with E-state index in [2.05, 4.69) is 17.6 Å². The fourth-order valence-electron chi connectivity index (χ4n) is 0.642. The molecule has 0 fully saturated rings. The summed E-state index contributed by atoms with van der Waals surface area (Å²) < 4.78 is 0. The summed E-state index contributed by atoms with van der Waals surface area (Å²) in [6.45, 7) is 2.04. The fourth-order valence-corrected chi connectivity index (χ4v) is 0.814. The van der Waals surface area contributed by atoms with E-state index in [1.807, 2.05) is 19.1 Å². The lowest BCUT2D eigenvalue weighted by atomic mass is 10.2. The largest absolute Gasteiger partial charge is 0.265 e. The van der Waals surface area contributed by atoms with E-state index in [4.69, 9.17) is 0 Å². The smallest absolute Gasteiger partial charge is 0.0270 e. The normalized spacial score (nSPS) is 11.8. The molecule has 56 valence electrons. The van der Waals surface area contributed by atoms with Crippen molar-refractivity contribution in [2.24, 2.45) is 0 Å². The van der Waals surface area contributed by atoms with E-state index in [0.717, 1.165) is 0 Å². The average Bonchev–Trinajstić information content (AvgIpc) is 1.90. The van der Waals surface area contributed by atoms with E-state index < -0.39 is 0 Å². The Bertz CT molecular complexity index is 176. The summed E-state index contributed by atoms with van der Waals surface area (Å²) in [6, 6.07) is 3.94. The lowest BCUT2D eigenvalue weighted by Gasteiger charge is -2.00. The van der Waals surface area contributed by atoms with Gasteiger partial charge in [0.1, 0.15) is 0 Å². The highest BCUT2D eigenvalue weighted by Gasteiger charge is 1.94. The number of thiol groups is 1. The molecule has 0 radical (unpaired) electrons. The van der Waals surface area contributed by atoms with Gasteiger partial charge in [0.05, 0.1) is 0 Å². The third-order valence-electron chi connectivity index (χ3n) is 1.19. The van der Waals surface area contributed by atoms with Gasteiger partial charge in [-0.15, -0.1) is 12.4 Å². The van der Waals surface area contributed by atoms with E-state index in [1.54, 1.807) is 12.4 Å². The summed E-state index contributed by atoms with van der Waals surface area (Å²) in [5.74, 6) is 0. The summed E-state index contributed by atoms with van der Waals surface area (Å²) in [4.78, 5) is 3.89. The second-order valence-electron chi connectivity index (χ2n) is 1.96. The highest BCUT2D eigenvalue weighted by molar-refractivity contribution is 7.80. The molecule has 0 aliphatic heterocycles. The Kier molecular flexibility index (Phi) is 4.49. The highest BCUT2D eigenvalue weighted by atomic mass is 35.5. The number of rotatable bonds is 1. The summed E-state index contributed by atoms with van der Waals surface area (Å²) >= 11 is 4.26. The van der Waals surface area contributed by atoms with Gasteiger partial charge >= 0.3 is 0 Å². The van der Waals surface area contributed by atoms with E-state index in [0.29, 0.717) is 5.25 Å². The van der Waals surface area contributed by atoms with Crippen molar-refractivity contribution in [1.29, 1.82) is 0 Å². The molecular weight excluding hydrogens is 166 g/mol. The van der Waals surface area contributed by atoms with Gasteiger partial charge < -0.3 is 0 Å². The number of hydrogen-bond acceptors (Lipinski definition) is 2. The van der Waals surface area contributed by atoms with Crippen molar-refractivity contribution >= 4 is 25.0 Å². The molecule has 1 rings (SSSR count). The molecule has 1 aromatic heterocycles. The minimum absolute atomic E-state index is 0. The van der Waals surface area contributed by atoms with Crippen LogP contribution in [0.2, 0.25) is 0 Å². The van der Waals surface area contributed by atoms with E-state index in [1.165, 1.54) is 5.56 Å². The summed E-state index contributed by atoms with van der Waals surface area (Å²) in [6.07, 6.45) is 3.56. The van der Waals surface area contributed by atoms with Crippen LogP contribution in [0.3, 0.4) is 0 Å². The molecule has 0 bridgehead atoms. The molecule has 0 aromatic carbocycles. The van der Waals surface area contributed by atoms with Gasteiger partial charge in [-0.3, -0.25) is 4.98 Å². The van der Waals surface area contributed by atoms with Crippen LogP contribution in [-0.2, 0) is 0 Å². The molecule has 0 amide bonds. The number of nitrogens with zero attached hydrogens (tertiary/aromatic N) is 1. The van der Waals surface area contributed by atoms with Gasteiger partial charge in [-0.1, -0.05) is 0 Å². The standard InChI is InChI=1S/C7H9NS.ClH/c1-6(9)7-2-4-8-5-3-7;/h2-6,9H,1H3;1H. The number of hydrogen-bond donors (Lipinski definition) is 1. The quantitative estimate of drug-likeness (QED) is 0.648. The van der Waals surface area contributed by atoms with Crippen molar-refractivity contribution in [3.63, 3.8) is 0 Å². The van der Waals surface area contributed by atoms with Crippen LogP contribution < -0.4 is 0 Å². The van der Waals surface area contributed by atoms with Gasteiger partial charge in [0.15, 0.2) is 0 Å². The highest BCUT2D eigenvalue weighted by Crippen LogP contribution is 2.16. The van der Waals surface area contributed by atoms with Crippen LogP contribution >= 0.6 is 25.0 Å². The van der Waals surface area contributed by atoms with E-state index in [-0.39, 0.29) is 12.4 Å². The van der Waals surface area contributed by atoms with Gasteiger partial charge in [-0.2, -0.15) is 12.6 Å². The predicted molar refractivity (Wildman–Crippen MR) is 48.9 cm³/mol. The third-order valence-corrected chi connectivity index (χ3v) is 1.49. The molecule has 0 aliphatic carbocycles. The molecule has 0 saturated carbocycles. The lowest BCUT2D eigenvalue weighted by molar-refractivity contribution is 1.09. The first-order valence-electron chi connectivity index (χ1n) is 2.88. The van der Waals surface area contributed by atoms with Crippen LogP contribution in [-0.4, -0.2) is 4.98 Å². The van der Waals surface area contributed by atoms with Crippen LogP contribution in [0.1, 0.15) is 17.7 Å². The molecule has 3 heteroatoms. The Morgan fingerprint density at radius 2 is 1.90 bits per heavy atom. The van der Waals surface area contributed by atoms with Crippen molar-refractivity contribution in [3.8, 4) is 0 Å². The SMILES string of the molecule is CC(S)c1ccncc1.Cl. The molecule has 0 aliphatic rings. The van der Waals surface area contributed by atoms with Crippen LogP contribution in [0, 0.1) is 0 Å². The number of pyridine rings is 1. The van der Waals surface area contributed by atoms with Crippen LogP contribution in [0.4, 0.5) is 0 Å². The van der Waals surface area contributed by atoms with Gasteiger partial charge in [0.25, 0.3) is 0 Å². The summed E-state index contributed by atoms with van der Waals surface area (Å²) in [5, 5.41) is 0.313. The second-order valence-corrected chi connectivity index (χ2v) is 2.73. The topological polar surface area (TPSA) is 12.9 Å². The van der Waals surface area contributed by atoms with E-state index >= 15 is 0 Å². The summed E-state index contributed by atoms with van der Waals surface area (Å²) in [7, 11) is 0. The molecule has 1 nitrogen and oxygen atoms in total. The Labute approximate surface area is 72.7 Å². The van der Waals surface area contributed by atoms with Crippen molar-refractivity contribution in [2.75, 3.05) is 0 Å². The average molecular weight is 176 g/mol. The van der Waals surface area contributed by atoms with Gasteiger partial charge in [0.2, 0.25) is 0 Å². The zero-order valence-corrected chi connectivity index (χ0v) is 7.40. The zero-order valence-electron chi connectivity index (χ0n) is 5.69. The molecule has 0 N–H and O–H groups in total. The number of halogens is 1. The Morgan fingerprint density at radius 1 is 1.40 bits per heavy atom. The van der Waals surface area contributed by atoms with Gasteiger partial charge in [0, 0.05) is 17.6 Å². The maximum atomic E-state index is 4.26. The first-order valence-corrected chi connectivity index (χ1v) is 3.40. The maximum absolute atomic E-state index is 4.26. The monoisotopic (exact) mass is 175 g/mol. The molecular formula is C7H10ClNS. The van der Waals surface area contributed by atoms with Crippen LogP contribution in [0.15, 0.2) is 24.5 Å². The molecule has 1 atom stereocenters. The molecule has 1 heterocycles. The predicted octanol–water partition coefficient (Wildman–Crippen LogP) is 2.49. The van der Waals surface area contributed by atoms with E-state index in [9.17, 15) is 0 Å². The first kappa shape index (κ1) is 9.79. The maximum Gasteiger partial charge on any atom is 0.0270 e. The van der Waals surface area contributed by atoms with Crippen molar-refractivity contribution in [1.82, 2.24) is 4.98 Å². The molecule has 1 unspecified atom stereocenters. The molecule has 1 aromatic rings. The van der Waals surface area contributed by atoms with Crippen LogP contribution in [0.5, 0.6) is 0 Å². The Morgan fingerprint density at radius 3 is 2.20 bits per heavy atom. The second kappa shape index (κ2) is 4.58. The zero-order chi connectivity index (χ0) is 6.69. The number of aromatic nitrogens is 1. The Hall–Kier alpha value is -0.210. The summed E-state index contributed by atoms with van der Waals surface area (Å²) in [5.41, 5.74) is 1.22. The van der Waals surface area contributed by atoms with Crippen LogP contribution in [0.25, 0.3) is 0 Å². The molecule has 0 spiro atoms. The molecule has 10 heavy (non-hydrogen) atoms. The van der Waals surface area contributed by atoms with Crippen molar-refractivity contribution in [2.45, 2.75) is 12.2 Å². The van der Waals surface area contributed by atoms with Crippen molar-refractivity contribution in [3.05, 3.63) is 30.1 Å².